The van der Waals surface area contributed by atoms with Crippen LogP contribution in [0.3, 0.4) is 0 Å². The zero-order valence-corrected chi connectivity index (χ0v) is 14.1. The van der Waals surface area contributed by atoms with Gasteiger partial charge in [-0.25, -0.2) is 0 Å². The Balaban J connectivity index is 2.62. The van der Waals surface area contributed by atoms with Gasteiger partial charge in [-0.05, 0) is 48.0 Å². The minimum Gasteiger partial charge on any atom is -0.483 e. The maximum Gasteiger partial charge on any atom is 0.305 e. The van der Waals surface area contributed by atoms with Crippen molar-refractivity contribution in [2.45, 2.75) is 26.3 Å². The number of amides is 1. The first-order chi connectivity index (χ1) is 9.81. The van der Waals surface area contributed by atoms with Crippen LogP contribution in [0.2, 0.25) is 5.02 Å². The summed E-state index contributed by atoms with van der Waals surface area (Å²) in [5, 5.41) is 9.27. The lowest BCUT2D eigenvalue weighted by Gasteiger charge is -2.26. The number of nitrogens with zero attached hydrogens (tertiary/aromatic N) is 1. The van der Waals surface area contributed by atoms with Gasteiger partial charge in [0.25, 0.3) is 5.91 Å². The molecule has 0 unspecified atom stereocenters. The van der Waals surface area contributed by atoms with Gasteiger partial charge >= 0.3 is 5.97 Å². The highest BCUT2D eigenvalue weighted by molar-refractivity contribution is 9.10. The van der Waals surface area contributed by atoms with Crippen LogP contribution >= 0.6 is 27.5 Å². The highest BCUT2D eigenvalue weighted by Gasteiger charge is 2.18. The molecule has 1 N–H and O–H groups in total. The van der Waals surface area contributed by atoms with Gasteiger partial charge in [0.15, 0.2) is 6.61 Å². The van der Waals surface area contributed by atoms with Crippen LogP contribution in [-0.4, -0.2) is 41.1 Å². The lowest BCUT2D eigenvalue weighted by Crippen LogP contribution is -2.41. The van der Waals surface area contributed by atoms with Gasteiger partial charge < -0.3 is 14.7 Å². The van der Waals surface area contributed by atoms with E-state index in [1.54, 1.807) is 18.2 Å². The van der Waals surface area contributed by atoms with E-state index in [-0.39, 0.29) is 31.5 Å². The SMILES string of the molecule is CC(C)N(CCC(=O)O)C(=O)COc1ccc(Cl)cc1Br. The number of carboxylic acids is 1. The third kappa shape index (κ3) is 5.93. The number of hydrogen-bond acceptors (Lipinski definition) is 3. The van der Waals surface area contributed by atoms with Crippen molar-refractivity contribution in [2.75, 3.05) is 13.2 Å². The van der Waals surface area contributed by atoms with Crippen molar-refractivity contribution in [2.24, 2.45) is 0 Å². The standard InChI is InChI=1S/C14H17BrClNO4/c1-9(2)17(6-5-14(19)20)13(18)8-21-12-4-3-10(16)7-11(12)15/h3-4,7,9H,5-6,8H2,1-2H3,(H,19,20). The normalized spacial score (nSPS) is 10.5. The molecule has 0 aliphatic rings. The maximum absolute atomic E-state index is 12.1. The summed E-state index contributed by atoms with van der Waals surface area (Å²) >= 11 is 9.13. The van der Waals surface area contributed by atoms with Crippen LogP contribution in [0.4, 0.5) is 0 Å². The fourth-order valence-corrected chi connectivity index (χ4v) is 2.50. The Bertz CT molecular complexity index is 522. The number of benzene rings is 1. The number of hydrogen-bond donors (Lipinski definition) is 1. The van der Waals surface area contributed by atoms with E-state index < -0.39 is 5.97 Å². The molecule has 1 amide bonds. The quantitative estimate of drug-likeness (QED) is 0.791. The molecule has 0 spiro atoms. The molecule has 0 bridgehead atoms. The second-order valence-corrected chi connectivity index (χ2v) is 5.98. The van der Waals surface area contributed by atoms with E-state index in [4.69, 9.17) is 21.4 Å². The van der Waals surface area contributed by atoms with E-state index in [0.29, 0.717) is 15.2 Å². The zero-order chi connectivity index (χ0) is 16.0. The van der Waals surface area contributed by atoms with Crippen LogP contribution in [0.5, 0.6) is 5.75 Å². The number of halogens is 2. The number of carbonyl (C=O) groups excluding carboxylic acids is 1. The number of carboxylic acid groups (broad SMARTS) is 1. The molecule has 0 radical (unpaired) electrons. The lowest BCUT2D eigenvalue weighted by molar-refractivity contribution is -0.139. The third-order valence-corrected chi connectivity index (χ3v) is 3.61. The molecule has 1 aromatic carbocycles. The van der Waals surface area contributed by atoms with Crippen LogP contribution in [0, 0.1) is 0 Å². The van der Waals surface area contributed by atoms with Gasteiger partial charge in [0.1, 0.15) is 5.75 Å². The van der Waals surface area contributed by atoms with Crippen LogP contribution in [-0.2, 0) is 9.59 Å². The van der Waals surface area contributed by atoms with E-state index in [1.807, 2.05) is 13.8 Å². The van der Waals surface area contributed by atoms with Crippen LogP contribution < -0.4 is 4.74 Å². The van der Waals surface area contributed by atoms with Crippen molar-refractivity contribution in [3.05, 3.63) is 27.7 Å². The maximum atomic E-state index is 12.1. The van der Waals surface area contributed by atoms with E-state index in [1.165, 1.54) is 4.90 Å². The smallest absolute Gasteiger partial charge is 0.305 e. The Morgan fingerprint density at radius 1 is 1.43 bits per heavy atom. The molecule has 0 saturated heterocycles. The van der Waals surface area contributed by atoms with E-state index in [2.05, 4.69) is 15.9 Å². The average Bonchev–Trinajstić information content (AvgIpc) is 2.37. The lowest BCUT2D eigenvalue weighted by atomic mass is 10.2. The summed E-state index contributed by atoms with van der Waals surface area (Å²) < 4.78 is 6.10. The fraction of sp³-hybridized carbons (Fsp3) is 0.429. The van der Waals surface area contributed by atoms with Gasteiger partial charge in [-0.2, -0.15) is 0 Å². The molecule has 21 heavy (non-hydrogen) atoms. The zero-order valence-electron chi connectivity index (χ0n) is 11.8. The second-order valence-electron chi connectivity index (χ2n) is 4.69. The highest BCUT2D eigenvalue weighted by atomic mass is 79.9. The third-order valence-electron chi connectivity index (χ3n) is 2.76. The summed E-state index contributed by atoms with van der Waals surface area (Å²) in [4.78, 5) is 24.2. The summed E-state index contributed by atoms with van der Waals surface area (Å²) in [5.74, 6) is -0.683. The van der Waals surface area contributed by atoms with E-state index in [9.17, 15) is 9.59 Å². The summed E-state index contributed by atoms with van der Waals surface area (Å²) in [6, 6.07) is 4.91. The molecule has 0 atom stereocenters. The van der Waals surface area contributed by atoms with E-state index >= 15 is 0 Å². The number of rotatable bonds is 7. The molecule has 7 heteroatoms. The fourth-order valence-electron chi connectivity index (χ4n) is 1.70. The summed E-state index contributed by atoms with van der Waals surface area (Å²) in [5.41, 5.74) is 0. The molecule has 0 aromatic heterocycles. The van der Waals surface area contributed by atoms with Crippen LogP contribution in [0.1, 0.15) is 20.3 Å². The van der Waals surface area contributed by atoms with E-state index in [0.717, 1.165) is 0 Å². The van der Waals surface area contributed by atoms with Crippen molar-refractivity contribution in [3.63, 3.8) is 0 Å². The summed E-state index contributed by atoms with van der Waals surface area (Å²) in [6.07, 6.45) is -0.0887. The molecule has 0 saturated carbocycles. The molecular weight excluding hydrogens is 362 g/mol. The molecule has 0 aliphatic carbocycles. The molecule has 5 nitrogen and oxygen atoms in total. The number of ether oxygens (including phenoxy) is 1. The topological polar surface area (TPSA) is 66.8 Å². The first kappa shape index (κ1) is 17.8. The first-order valence-electron chi connectivity index (χ1n) is 6.40. The predicted octanol–water partition coefficient (Wildman–Crippen LogP) is 3.19. The monoisotopic (exact) mass is 377 g/mol. The molecular formula is C14H17BrClNO4. The Morgan fingerprint density at radius 2 is 2.10 bits per heavy atom. The summed E-state index contributed by atoms with van der Waals surface area (Å²) in [7, 11) is 0. The predicted molar refractivity (Wildman–Crippen MR) is 83.7 cm³/mol. The van der Waals surface area contributed by atoms with Crippen molar-refractivity contribution >= 4 is 39.4 Å². The average molecular weight is 379 g/mol. The van der Waals surface area contributed by atoms with Gasteiger partial charge in [-0.1, -0.05) is 11.6 Å². The van der Waals surface area contributed by atoms with Gasteiger partial charge in [-0.3, -0.25) is 9.59 Å². The highest BCUT2D eigenvalue weighted by Crippen LogP contribution is 2.27. The summed E-state index contributed by atoms with van der Waals surface area (Å²) in [6.45, 7) is 3.67. The van der Waals surface area contributed by atoms with Crippen molar-refractivity contribution in [3.8, 4) is 5.75 Å². The molecule has 0 fully saturated rings. The number of aliphatic carboxylic acids is 1. The molecule has 1 aromatic rings. The Morgan fingerprint density at radius 3 is 2.62 bits per heavy atom. The molecule has 1 rings (SSSR count). The van der Waals surface area contributed by atoms with Crippen molar-refractivity contribution in [1.82, 2.24) is 4.90 Å². The van der Waals surface area contributed by atoms with Gasteiger partial charge in [0.2, 0.25) is 0 Å². The Hall–Kier alpha value is -1.27. The van der Waals surface area contributed by atoms with Gasteiger partial charge in [0, 0.05) is 17.6 Å². The van der Waals surface area contributed by atoms with Gasteiger partial charge in [0.05, 0.1) is 10.9 Å². The number of carbonyl (C=O) groups is 2. The molecule has 0 heterocycles. The minimum atomic E-state index is -0.935. The van der Waals surface area contributed by atoms with Crippen LogP contribution in [0.15, 0.2) is 22.7 Å². The van der Waals surface area contributed by atoms with Crippen LogP contribution in [0.25, 0.3) is 0 Å². The van der Waals surface area contributed by atoms with Gasteiger partial charge in [-0.15, -0.1) is 0 Å². The Labute approximate surface area is 137 Å². The minimum absolute atomic E-state index is 0.0887. The Kier molecular flexibility index (Phi) is 6.98. The second kappa shape index (κ2) is 8.24. The molecule has 116 valence electrons. The van der Waals surface area contributed by atoms with Crippen molar-refractivity contribution < 1.29 is 19.4 Å². The molecule has 0 aliphatic heterocycles. The first-order valence-corrected chi connectivity index (χ1v) is 7.57. The van der Waals surface area contributed by atoms with Crippen molar-refractivity contribution in [1.29, 1.82) is 0 Å². The largest absolute Gasteiger partial charge is 0.483 e.